The van der Waals surface area contributed by atoms with Crippen LogP contribution < -0.4 is 10.1 Å². The second-order valence-corrected chi connectivity index (χ2v) is 3.74. The molecule has 92 valence electrons. The molecule has 4 heteroatoms. The van der Waals surface area contributed by atoms with Crippen LogP contribution in [0.3, 0.4) is 0 Å². The van der Waals surface area contributed by atoms with Gasteiger partial charge in [0.2, 0.25) is 5.88 Å². The van der Waals surface area contributed by atoms with E-state index in [4.69, 9.17) is 11.2 Å². The molecule has 0 aromatic carbocycles. The smallest absolute Gasteiger partial charge is 0.221 e. The summed E-state index contributed by atoms with van der Waals surface area (Å²) in [5.74, 6) is 4.08. The molecule has 1 aromatic rings. The largest absolute Gasteiger partial charge is 0.478 e. The zero-order chi connectivity index (χ0) is 12.7. The quantitative estimate of drug-likeness (QED) is 0.766. The fourth-order valence-corrected chi connectivity index (χ4v) is 1.49. The molecule has 0 aliphatic rings. The first-order valence-corrected chi connectivity index (χ1v) is 5.87. The van der Waals surface area contributed by atoms with Gasteiger partial charge >= 0.3 is 0 Å². The van der Waals surface area contributed by atoms with Crippen molar-refractivity contribution < 1.29 is 4.74 Å². The second kappa shape index (κ2) is 6.74. The van der Waals surface area contributed by atoms with Gasteiger partial charge in [-0.15, -0.1) is 12.3 Å². The lowest BCUT2D eigenvalue weighted by Crippen LogP contribution is -2.19. The fourth-order valence-electron chi connectivity index (χ4n) is 1.49. The second-order valence-electron chi connectivity index (χ2n) is 3.74. The number of hydrogen-bond donors (Lipinski definition) is 1. The molecule has 4 nitrogen and oxygen atoms in total. The number of terminal acetylenes is 1. The molecule has 0 radical (unpaired) electrons. The van der Waals surface area contributed by atoms with Gasteiger partial charge in [0, 0.05) is 12.5 Å². The van der Waals surface area contributed by atoms with Crippen molar-refractivity contribution in [2.45, 2.75) is 39.7 Å². The summed E-state index contributed by atoms with van der Waals surface area (Å²) in [6.07, 6.45) is 8.47. The van der Waals surface area contributed by atoms with Gasteiger partial charge in [-0.05, 0) is 20.3 Å². The fraction of sp³-hybridized carbons (Fsp3) is 0.538. The van der Waals surface area contributed by atoms with Gasteiger partial charge in [-0.2, -0.15) is 0 Å². The Labute approximate surface area is 103 Å². The summed E-state index contributed by atoms with van der Waals surface area (Å²) in [4.78, 5) is 8.31. The Balaban J connectivity index is 2.83. The third kappa shape index (κ3) is 3.63. The van der Waals surface area contributed by atoms with Crippen molar-refractivity contribution in [1.82, 2.24) is 9.97 Å². The molecule has 1 heterocycles. The van der Waals surface area contributed by atoms with Gasteiger partial charge < -0.3 is 10.1 Å². The van der Waals surface area contributed by atoms with E-state index in [1.54, 1.807) is 0 Å². The van der Waals surface area contributed by atoms with Gasteiger partial charge in [0.25, 0.3) is 0 Å². The Morgan fingerprint density at radius 3 is 2.82 bits per heavy atom. The van der Waals surface area contributed by atoms with Gasteiger partial charge in [0.05, 0.1) is 12.2 Å². The minimum Gasteiger partial charge on any atom is -0.478 e. The Morgan fingerprint density at radius 1 is 1.47 bits per heavy atom. The minimum absolute atomic E-state index is 0.239. The molecular weight excluding hydrogens is 214 g/mol. The summed E-state index contributed by atoms with van der Waals surface area (Å²) < 4.78 is 5.42. The van der Waals surface area contributed by atoms with Crippen LogP contribution in [0.4, 0.5) is 5.82 Å². The van der Waals surface area contributed by atoms with Gasteiger partial charge in [0.1, 0.15) is 12.1 Å². The predicted octanol–water partition coefficient (Wildman–Crippen LogP) is 2.40. The third-order valence-electron chi connectivity index (χ3n) is 2.52. The number of nitrogens with zero attached hydrogens (tertiary/aromatic N) is 2. The van der Waals surface area contributed by atoms with Crippen molar-refractivity contribution in [2.24, 2.45) is 0 Å². The van der Waals surface area contributed by atoms with E-state index >= 15 is 0 Å². The molecule has 0 amide bonds. The van der Waals surface area contributed by atoms with E-state index in [2.05, 4.69) is 28.1 Å². The number of ether oxygens (including phenoxy) is 1. The summed E-state index contributed by atoms with van der Waals surface area (Å²) in [5.41, 5.74) is 0.921. The average molecular weight is 233 g/mol. The molecule has 0 spiro atoms. The van der Waals surface area contributed by atoms with Gasteiger partial charge in [-0.25, -0.2) is 9.97 Å². The summed E-state index contributed by atoms with van der Waals surface area (Å²) in [5, 5.41) is 3.32. The van der Waals surface area contributed by atoms with Crippen LogP contribution in [-0.4, -0.2) is 22.6 Å². The summed E-state index contributed by atoms with van der Waals surface area (Å²) in [6, 6.07) is 0.239. The lowest BCUT2D eigenvalue weighted by atomic mass is 10.1. The third-order valence-corrected chi connectivity index (χ3v) is 2.52. The molecule has 1 atom stereocenters. The number of aromatic nitrogens is 2. The highest BCUT2D eigenvalue weighted by atomic mass is 16.5. The Bertz CT molecular complexity index is 398. The van der Waals surface area contributed by atoms with Crippen LogP contribution in [0.25, 0.3) is 0 Å². The Hall–Kier alpha value is -1.76. The first-order chi connectivity index (χ1) is 8.22. The van der Waals surface area contributed by atoms with E-state index in [1.807, 2.05) is 13.8 Å². The maximum Gasteiger partial charge on any atom is 0.221 e. The molecule has 17 heavy (non-hydrogen) atoms. The van der Waals surface area contributed by atoms with Crippen molar-refractivity contribution in [3.8, 4) is 18.2 Å². The molecule has 0 bridgehead atoms. The maximum absolute atomic E-state index is 5.42. The van der Waals surface area contributed by atoms with E-state index in [-0.39, 0.29) is 6.04 Å². The number of rotatable bonds is 6. The number of anilines is 1. The van der Waals surface area contributed by atoms with E-state index < -0.39 is 0 Å². The lowest BCUT2D eigenvalue weighted by molar-refractivity contribution is 0.324. The van der Waals surface area contributed by atoms with E-state index in [9.17, 15) is 0 Å². The molecule has 1 unspecified atom stereocenters. The first-order valence-electron chi connectivity index (χ1n) is 5.87. The highest BCUT2D eigenvalue weighted by Gasteiger charge is 2.11. The van der Waals surface area contributed by atoms with Gasteiger partial charge in [-0.3, -0.25) is 0 Å². The minimum atomic E-state index is 0.239. The molecule has 1 N–H and O–H groups in total. The van der Waals surface area contributed by atoms with Crippen LogP contribution in [0.2, 0.25) is 0 Å². The average Bonchev–Trinajstić information content (AvgIpc) is 2.33. The lowest BCUT2D eigenvalue weighted by Gasteiger charge is -2.17. The molecular formula is C13H19N3O. The summed E-state index contributed by atoms with van der Waals surface area (Å²) >= 11 is 0. The van der Waals surface area contributed by atoms with Crippen molar-refractivity contribution in [3.63, 3.8) is 0 Å². The topological polar surface area (TPSA) is 47.0 Å². The van der Waals surface area contributed by atoms with Crippen molar-refractivity contribution >= 4 is 5.82 Å². The highest BCUT2D eigenvalue weighted by Crippen LogP contribution is 2.21. The Morgan fingerprint density at radius 2 is 2.24 bits per heavy atom. The number of nitrogens with one attached hydrogen (secondary N) is 1. The zero-order valence-electron chi connectivity index (χ0n) is 10.7. The van der Waals surface area contributed by atoms with Crippen LogP contribution in [0.15, 0.2) is 6.33 Å². The Kier molecular flexibility index (Phi) is 5.28. The van der Waals surface area contributed by atoms with Crippen LogP contribution in [0, 0.1) is 19.3 Å². The summed E-state index contributed by atoms with van der Waals surface area (Å²) in [6.45, 7) is 6.56. The predicted molar refractivity (Wildman–Crippen MR) is 69.1 cm³/mol. The molecule has 0 saturated carbocycles. The van der Waals surface area contributed by atoms with Crippen LogP contribution in [-0.2, 0) is 0 Å². The van der Waals surface area contributed by atoms with Gasteiger partial charge in [-0.1, -0.05) is 6.92 Å². The molecule has 0 saturated heterocycles. The monoisotopic (exact) mass is 233 g/mol. The van der Waals surface area contributed by atoms with E-state index in [1.165, 1.54) is 6.33 Å². The molecule has 0 fully saturated rings. The number of hydrogen-bond acceptors (Lipinski definition) is 4. The van der Waals surface area contributed by atoms with Crippen LogP contribution >= 0.6 is 0 Å². The molecule has 0 aliphatic carbocycles. The standard InChI is InChI=1S/C13H19N3O/c1-5-8-11(6-2)16-12-10(4)13(17-7-3)15-9-14-12/h1,9,11H,6-8H2,2-4H3,(H,14,15,16). The first kappa shape index (κ1) is 13.3. The van der Waals surface area contributed by atoms with E-state index in [0.29, 0.717) is 18.9 Å². The van der Waals surface area contributed by atoms with Crippen molar-refractivity contribution in [1.29, 1.82) is 0 Å². The zero-order valence-corrected chi connectivity index (χ0v) is 10.7. The van der Waals surface area contributed by atoms with Crippen LogP contribution in [0.1, 0.15) is 32.3 Å². The molecule has 1 rings (SSSR count). The highest BCUT2D eigenvalue weighted by molar-refractivity contribution is 5.48. The van der Waals surface area contributed by atoms with E-state index in [0.717, 1.165) is 17.8 Å². The molecule has 1 aromatic heterocycles. The normalized spacial score (nSPS) is 11.6. The van der Waals surface area contributed by atoms with Crippen molar-refractivity contribution in [2.75, 3.05) is 11.9 Å². The SMILES string of the molecule is C#CCC(CC)Nc1ncnc(OCC)c1C. The summed E-state index contributed by atoms with van der Waals surface area (Å²) in [7, 11) is 0. The van der Waals surface area contributed by atoms with Crippen molar-refractivity contribution in [3.05, 3.63) is 11.9 Å². The molecule has 0 aliphatic heterocycles. The maximum atomic E-state index is 5.42. The van der Waals surface area contributed by atoms with Gasteiger partial charge in [0.15, 0.2) is 0 Å². The van der Waals surface area contributed by atoms with Crippen LogP contribution in [0.5, 0.6) is 5.88 Å².